The molecule has 0 saturated heterocycles. The second kappa shape index (κ2) is 6.44. The molecule has 0 unspecified atom stereocenters. The van der Waals surface area contributed by atoms with Crippen LogP contribution in [-0.2, 0) is 11.8 Å². The standard InChI is InChI=1S/C18H17N3O2/c1-3-23-18(22)14-9-10-19-16(11-14)17-15(12-21(2)20-17)13-7-5-4-6-8-13/h4-12H,3H2,1-2H3. The molecule has 0 radical (unpaired) electrons. The van der Waals surface area contributed by atoms with Gasteiger partial charge in [0.1, 0.15) is 5.69 Å². The van der Waals surface area contributed by atoms with Crippen molar-refractivity contribution < 1.29 is 9.53 Å². The Hall–Kier alpha value is -2.95. The second-order valence-corrected chi connectivity index (χ2v) is 5.08. The lowest BCUT2D eigenvalue weighted by Crippen LogP contribution is -2.05. The predicted molar refractivity (Wildman–Crippen MR) is 87.8 cm³/mol. The zero-order chi connectivity index (χ0) is 16.2. The van der Waals surface area contributed by atoms with Crippen molar-refractivity contribution in [3.8, 4) is 22.5 Å². The first-order valence-electron chi connectivity index (χ1n) is 7.41. The minimum atomic E-state index is -0.353. The summed E-state index contributed by atoms with van der Waals surface area (Å²) < 4.78 is 6.79. The SMILES string of the molecule is CCOC(=O)c1ccnc(-c2nn(C)cc2-c2ccccc2)c1. The molecule has 0 aliphatic heterocycles. The molecule has 5 nitrogen and oxygen atoms in total. The smallest absolute Gasteiger partial charge is 0.338 e. The average Bonchev–Trinajstić information content (AvgIpc) is 2.98. The summed E-state index contributed by atoms with van der Waals surface area (Å²) in [6, 6.07) is 13.3. The van der Waals surface area contributed by atoms with E-state index in [1.54, 1.807) is 29.9 Å². The molecule has 0 aliphatic rings. The Labute approximate surface area is 134 Å². The average molecular weight is 307 g/mol. The van der Waals surface area contributed by atoms with E-state index in [9.17, 15) is 4.79 Å². The van der Waals surface area contributed by atoms with Crippen LogP contribution in [0, 0.1) is 0 Å². The summed E-state index contributed by atoms with van der Waals surface area (Å²) in [6.07, 6.45) is 3.55. The fourth-order valence-corrected chi connectivity index (χ4v) is 2.41. The van der Waals surface area contributed by atoms with Crippen LogP contribution in [0.2, 0.25) is 0 Å². The Morgan fingerprint density at radius 3 is 2.74 bits per heavy atom. The normalized spacial score (nSPS) is 10.5. The third kappa shape index (κ3) is 3.13. The maximum absolute atomic E-state index is 11.9. The topological polar surface area (TPSA) is 57.0 Å². The number of hydrogen-bond donors (Lipinski definition) is 0. The monoisotopic (exact) mass is 307 g/mol. The fraction of sp³-hybridized carbons (Fsp3) is 0.167. The second-order valence-electron chi connectivity index (χ2n) is 5.08. The minimum Gasteiger partial charge on any atom is -0.462 e. The first kappa shape index (κ1) is 15.0. The summed E-state index contributed by atoms with van der Waals surface area (Å²) >= 11 is 0. The van der Waals surface area contributed by atoms with Crippen LogP contribution < -0.4 is 0 Å². The van der Waals surface area contributed by atoms with Crippen LogP contribution in [0.3, 0.4) is 0 Å². The third-order valence-corrected chi connectivity index (χ3v) is 3.43. The zero-order valence-corrected chi connectivity index (χ0v) is 13.1. The Balaban J connectivity index is 2.06. The number of aromatic nitrogens is 3. The fourth-order valence-electron chi connectivity index (χ4n) is 2.41. The molecule has 0 spiro atoms. The van der Waals surface area contributed by atoms with Crippen molar-refractivity contribution in [3.05, 3.63) is 60.4 Å². The molecule has 2 heterocycles. The highest BCUT2D eigenvalue weighted by molar-refractivity contribution is 5.91. The summed E-state index contributed by atoms with van der Waals surface area (Å²) in [7, 11) is 1.87. The molecule has 3 aromatic rings. The van der Waals surface area contributed by atoms with Crippen molar-refractivity contribution in [2.75, 3.05) is 6.61 Å². The molecule has 23 heavy (non-hydrogen) atoms. The van der Waals surface area contributed by atoms with Gasteiger partial charge in [-0.2, -0.15) is 5.10 Å². The number of rotatable bonds is 4. The van der Waals surface area contributed by atoms with E-state index in [-0.39, 0.29) is 5.97 Å². The molecule has 0 aliphatic carbocycles. The van der Waals surface area contributed by atoms with Crippen LogP contribution in [0.4, 0.5) is 0 Å². The molecule has 0 amide bonds. The molecule has 0 atom stereocenters. The van der Waals surface area contributed by atoms with E-state index in [1.807, 2.05) is 43.6 Å². The van der Waals surface area contributed by atoms with Gasteiger partial charge in [-0.05, 0) is 24.6 Å². The number of aryl methyl sites for hydroxylation is 1. The van der Waals surface area contributed by atoms with Gasteiger partial charge in [0.2, 0.25) is 0 Å². The summed E-state index contributed by atoms with van der Waals surface area (Å²) in [4.78, 5) is 16.3. The van der Waals surface area contributed by atoms with Crippen molar-refractivity contribution in [2.45, 2.75) is 6.92 Å². The van der Waals surface area contributed by atoms with Gasteiger partial charge in [-0.25, -0.2) is 4.79 Å². The van der Waals surface area contributed by atoms with Crippen LogP contribution in [0.1, 0.15) is 17.3 Å². The molecule has 3 rings (SSSR count). The zero-order valence-electron chi connectivity index (χ0n) is 13.1. The van der Waals surface area contributed by atoms with E-state index in [4.69, 9.17) is 4.74 Å². The minimum absolute atomic E-state index is 0.343. The Morgan fingerprint density at radius 2 is 2.00 bits per heavy atom. The molecule has 0 saturated carbocycles. The summed E-state index contributed by atoms with van der Waals surface area (Å²) in [5.41, 5.74) is 3.89. The van der Waals surface area contributed by atoms with E-state index >= 15 is 0 Å². The van der Waals surface area contributed by atoms with Crippen LogP contribution >= 0.6 is 0 Å². The Kier molecular flexibility index (Phi) is 4.19. The molecule has 0 fully saturated rings. The van der Waals surface area contributed by atoms with E-state index < -0.39 is 0 Å². The van der Waals surface area contributed by atoms with E-state index in [0.29, 0.717) is 17.9 Å². The molecule has 5 heteroatoms. The van der Waals surface area contributed by atoms with Crippen molar-refractivity contribution in [1.82, 2.24) is 14.8 Å². The van der Waals surface area contributed by atoms with Gasteiger partial charge in [0, 0.05) is 25.0 Å². The third-order valence-electron chi connectivity index (χ3n) is 3.43. The highest BCUT2D eigenvalue weighted by atomic mass is 16.5. The molecule has 2 aromatic heterocycles. The lowest BCUT2D eigenvalue weighted by Gasteiger charge is -2.05. The quantitative estimate of drug-likeness (QED) is 0.694. The van der Waals surface area contributed by atoms with Crippen LogP contribution in [0.25, 0.3) is 22.5 Å². The van der Waals surface area contributed by atoms with Gasteiger partial charge in [0.05, 0.1) is 17.9 Å². The first-order chi connectivity index (χ1) is 11.2. The van der Waals surface area contributed by atoms with E-state index in [1.165, 1.54) is 0 Å². The molecule has 0 bridgehead atoms. The summed E-state index contributed by atoms with van der Waals surface area (Å²) in [5, 5.41) is 4.51. The Bertz CT molecular complexity index is 825. The van der Waals surface area contributed by atoms with Crippen molar-refractivity contribution >= 4 is 5.97 Å². The number of carbonyl (C=O) groups is 1. The maximum atomic E-state index is 11.9. The number of nitrogens with zero attached hydrogens (tertiary/aromatic N) is 3. The van der Waals surface area contributed by atoms with Gasteiger partial charge in [-0.3, -0.25) is 9.67 Å². The number of ether oxygens (including phenoxy) is 1. The van der Waals surface area contributed by atoms with Gasteiger partial charge < -0.3 is 4.74 Å². The molecule has 1 aromatic carbocycles. The van der Waals surface area contributed by atoms with Crippen LogP contribution in [0.5, 0.6) is 0 Å². The van der Waals surface area contributed by atoms with Crippen LogP contribution in [0.15, 0.2) is 54.9 Å². The molecule has 116 valence electrons. The highest BCUT2D eigenvalue weighted by Crippen LogP contribution is 2.29. The number of benzene rings is 1. The molecular weight excluding hydrogens is 290 g/mol. The van der Waals surface area contributed by atoms with Gasteiger partial charge in [-0.1, -0.05) is 30.3 Å². The largest absolute Gasteiger partial charge is 0.462 e. The maximum Gasteiger partial charge on any atom is 0.338 e. The summed E-state index contributed by atoms with van der Waals surface area (Å²) in [6.45, 7) is 2.13. The van der Waals surface area contributed by atoms with Crippen molar-refractivity contribution in [1.29, 1.82) is 0 Å². The van der Waals surface area contributed by atoms with Gasteiger partial charge >= 0.3 is 5.97 Å². The van der Waals surface area contributed by atoms with Crippen LogP contribution in [-0.4, -0.2) is 27.3 Å². The lowest BCUT2D eigenvalue weighted by atomic mass is 10.0. The predicted octanol–water partition coefficient (Wildman–Crippen LogP) is 3.33. The van der Waals surface area contributed by atoms with Crippen molar-refractivity contribution in [3.63, 3.8) is 0 Å². The van der Waals surface area contributed by atoms with E-state index in [0.717, 1.165) is 16.8 Å². The number of hydrogen-bond acceptors (Lipinski definition) is 4. The molecular formula is C18H17N3O2. The lowest BCUT2D eigenvalue weighted by molar-refractivity contribution is 0.0526. The first-order valence-corrected chi connectivity index (χ1v) is 7.41. The van der Waals surface area contributed by atoms with E-state index in [2.05, 4.69) is 10.1 Å². The number of carbonyl (C=O) groups excluding carboxylic acids is 1. The van der Waals surface area contributed by atoms with Gasteiger partial charge in [-0.15, -0.1) is 0 Å². The highest BCUT2D eigenvalue weighted by Gasteiger charge is 2.15. The van der Waals surface area contributed by atoms with Crippen molar-refractivity contribution in [2.24, 2.45) is 7.05 Å². The number of pyridine rings is 1. The summed E-state index contributed by atoms with van der Waals surface area (Å²) in [5.74, 6) is -0.353. The van der Waals surface area contributed by atoms with Gasteiger partial charge in [0.25, 0.3) is 0 Å². The van der Waals surface area contributed by atoms with Gasteiger partial charge in [0.15, 0.2) is 0 Å². The molecule has 0 N–H and O–H groups in total. The Morgan fingerprint density at radius 1 is 1.22 bits per heavy atom. The number of esters is 1.